The summed E-state index contributed by atoms with van der Waals surface area (Å²) in [7, 11) is 0. The van der Waals surface area contributed by atoms with E-state index in [0.717, 1.165) is 0 Å². The number of halogens is 3. The third kappa shape index (κ3) is 4.14. The van der Waals surface area contributed by atoms with Gasteiger partial charge in [0.2, 0.25) is 0 Å². The molecular weight excluding hydrogens is 315 g/mol. The fourth-order valence-electron chi connectivity index (χ4n) is 2.65. The molecule has 0 radical (unpaired) electrons. The van der Waals surface area contributed by atoms with Crippen LogP contribution in [0.2, 0.25) is 0 Å². The Kier molecular flexibility index (Phi) is 5.12. The molecule has 1 N–H and O–H groups in total. The Morgan fingerprint density at radius 2 is 1.91 bits per heavy atom. The Hall–Kier alpha value is -2.25. The van der Waals surface area contributed by atoms with Crippen LogP contribution in [0.25, 0.3) is 0 Å². The lowest BCUT2D eigenvalue weighted by molar-refractivity contribution is -0.205. The summed E-state index contributed by atoms with van der Waals surface area (Å²) in [5.41, 5.74) is 0.664. The Balaban J connectivity index is 2.09. The molecule has 2 unspecified atom stereocenters. The van der Waals surface area contributed by atoms with E-state index < -0.39 is 30.2 Å². The number of carboxylic acid groups (broad SMARTS) is 1. The minimum Gasteiger partial charge on any atom is -0.480 e. The Morgan fingerprint density at radius 1 is 1.26 bits per heavy atom. The molecule has 0 spiro atoms. The summed E-state index contributed by atoms with van der Waals surface area (Å²) in [6.45, 7) is -0.198. The second-order valence-corrected chi connectivity index (χ2v) is 5.31. The molecule has 1 heterocycles. The van der Waals surface area contributed by atoms with Crippen LogP contribution in [0.3, 0.4) is 0 Å². The second-order valence-electron chi connectivity index (χ2n) is 5.31. The molecular formula is C15H16F3NO4. The van der Waals surface area contributed by atoms with E-state index in [1.807, 2.05) is 0 Å². The number of hydrogen-bond donors (Lipinski definition) is 1. The van der Waals surface area contributed by atoms with Gasteiger partial charge in [-0.05, 0) is 18.4 Å². The minimum atomic E-state index is -4.68. The summed E-state index contributed by atoms with van der Waals surface area (Å²) in [4.78, 5) is 23.9. The van der Waals surface area contributed by atoms with Crippen LogP contribution >= 0.6 is 0 Å². The summed E-state index contributed by atoms with van der Waals surface area (Å²) in [5, 5.41) is 9.13. The van der Waals surface area contributed by atoms with Crippen molar-refractivity contribution in [2.45, 2.75) is 31.7 Å². The molecule has 1 aromatic carbocycles. The fourth-order valence-corrected chi connectivity index (χ4v) is 2.65. The van der Waals surface area contributed by atoms with Gasteiger partial charge in [-0.2, -0.15) is 13.2 Å². The lowest BCUT2D eigenvalue weighted by Gasteiger charge is -2.38. The number of amides is 1. The molecule has 0 saturated carbocycles. The van der Waals surface area contributed by atoms with Crippen molar-refractivity contribution >= 4 is 12.1 Å². The lowest BCUT2D eigenvalue weighted by atomic mass is 9.89. The van der Waals surface area contributed by atoms with E-state index in [1.165, 1.54) is 0 Å². The van der Waals surface area contributed by atoms with Gasteiger partial charge in [0.15, 0.2) is 0 Å². The minimum absolute atomic E-state index is 0.0723. The van der Waals surface area contributed by atoms with Gasteiger partial charge >= 0.3 is 18.2 Å². The number of piperidine rings is 1. The number of aliphatic carboxylic acids is 1. The maximum Gasteiger partial charge on any atom is 0.410 e. The Labute approximate surface area is 130 Å². The lowest BCUT2D eigenvalue weighted by Crippen LogP contribution is -2.56. The van der Waals surface area contributed by atoms with Crippen LogP contribution in [-0.4, -0.2) is 40.8 Å². The van der Waals surface area contributed by atoms with Gasteiger partial charge in [0.25, 0.3) is 0 Å². The molecule has 1 aliphatic heterocycles. The van der Waals surface area contributed by atoms with Crippen molar-refractivity contribution in [3.05, 3.63) is 35.9 Å². The molecule has 1 aliphatic rings. The summed E-state index contributed by atoms with van der Waals surface area (Å²) < 4.78 is 44.0. The smallest absolute Gasteiger partial charge is 0.410 e. The highest BCUT2D eigenvalue weighted by Gasteiger charge is 2.52. The van der Waals surface area contributed by atoms with Gasteiger partial charge in [0, 0.05) is 6.54 Å². The van der Waals surface area contributed by atoms with E-state index in [9.17, 15) is 22.8 Å². The van der Waals surface area contributed by atoms with Crippen LogP contribution in [0, 0.1) is 5.92 Å². The van der Waals surface area contributed by atoms with Gasteiger partial charge in [-0.3, -0.25) is 4.90 Å². The van der Waals surface area contributed by atoms with E-state index >= 15 is 0 Å². The van der Waals surface area contributed by atoms with Gasteiger partial charge < -0.3 is 9.84 Å². The van der Waals surface area contributed by atoms with E-state index in [0.29, 0.717) is 10.5 Å². The largest absolute Gasteiger partial charge is 0.480 e. The summed E-state index contributed by atoms with van der Waals surface area (Å²) in [5.74, 6) is -3.76. The molecule has 0 aliphatic carbocycles. The van der Waals surface area contributed by atoms with E-state index in [2.05, 4.69) is 0 Å². The summed E-state index contributed by atoms with van der Waals surface area (Å²) >= 11 is 0. The second kappa shape index (κ2) is 6.89. The van der Waals surface area contributed by atoms with Crippen molar-refractivity contribution in [2.75, 3.05) is 6.54 Å². The van der Waals surface area contributed by atoms with Gasteiger partial charge in [0.05, 0.1) is 5.92 Å². The predicted molar refractivity (Wildman–Crippen MR) is 73.5 cm³/mol. The zero-order valence-corrected chi connectivity index (χ0v) is 12.1. The first-order valence-electron chi connectivity index (χ1n) is 7.07. The van der Waals surface area contributed by atoms with Gasteiger partial charge in [-0.25, -0.2) is 9.59 Å². The number of nitrogens with zero attached hydrogens (tertiary/aromatic N) is 1. The SMILES string of the molecule is O=C(O)C1C(C(F)(F)F)CCCN1C(=O)OCc1ccccc1. The number of benzene rings is 1. The maximum atomic E-state index is 13.0. The van der Waals surface area contributed by atoms with E-state index in [4.69, 9.17) is 9.84 Å². The first kappa shape index (κ1) is 17.1. The highest BCUT2D eigenvalue weighted by Crippen LogP contribution is 2.37. The highest BCUT2D eigenvalue weighted by molar-refractivity contribution is 5.80. The molecule has 1 saturated heterocycles. The van der Waals surface area contributed by atoms with Crippen LogP contribution in [0.5, 0.6) is 0 Å². The molecule has 23 heavy (non-hydrogen) atoms. The van der Waals surface area contributed by atoms with Crippen LogP contribution < -0.4 is 0 Å². The van der Waals surface area contributed by atoms with Crippen LogP contribution in [0.4, 0.5) is 18.0 Å². The van der Waals surface area contributed by atoms with Crippen molar-refractivity contribution in [2.24, 2.45) is 5.92 Å². The predicted octanol–water partition coefficient (Wildman–Crippen LogP) is 3.05. The third-order valence-corrected chi connectivity index (χ3v) is 3.74. The zero-order valence-electron chi connectivity index (χ0n) is 12.1. The first-order chi connectivity index (χ1) is 10.8. The van der Waals surface area contributed by atoms with Crippen molar-refractivity contribution in [1.82, 2.24) is 4.90 Å². The zero-order chi connectivity index (χ0) is 17.0. The molecule has 0 aromatic heterocycles. The average molecular weight is 331 g/mol. The van der Waals surface area contributed by atoms with Gasteiger partial charge in [0.1, 0.15) is 12.6 Å². The van der Waals surface area contributed by atoms with E-state index in [1.54, 1.807) is 30.3 Å². The summed E-state index contributed by atoms with van der Waals surface area (Å²) in [6, 6.07) is 6.65. The number of carbonyl (C=O) groups excluding carboxylic acids is 1. The van der Waals surface area contributed by atoms with Crippen LogP contribution in [-0.2, 0) is 16.1 Å². The topological polar surface area (TPSA) is 66.8 Å². The molecule has 1 aromatic rings. The van der Waals surface area contributed by atoms with Crippen LogP contribution in [0.15, 0.2) is 30.3 Å². The average Bonchev–Trinajstić information content (AvgIpc) is 2.52. The van der Waals surface area contributed by atoms with Crippen molar-refractivity contribution in [1.29, 1.82) is 0 Å². The number of likely N-dealkylation sites (tertiary alicyclic amines) is 1. The molecule has 2 atom stereocenters. The quantitative estimate of drug-likeness (QED) is 0.924. The number of carbonyl (C=O) groups is 2. The van der Waals surface area contributed by atoms with Crippen molar-refractivity contribution < 1.29 is 32.6 Å². The maximum absolute atomic E-state index is 13.0. The fraction of sp³-hybridized carbons (Fsp3) is 0.467. The normalized spacial score (nSPS) is 21.8. The van der Waals surface area contributed by atoms with Gasteiger partial charge in [-0.1, -0.05) is 30.3 Å². The molecule has 126 valence electrons. The van der Waals surface area contributed by atoms with Crippen LogP contribution in [0.1, 0.15) is 18.4 Å². The summed E-state index contributed by atoms with van der Waals surface area (Å²) in [6.07, 6.45) is -5.96. The van der Waals surface area contributed by atoms with E-state index in [-0.39, 0.29) is 26.0 Å². The molecule has 1 fully saturated rings. The number of carboxylic acids is 1. The Morgan fingerprint density at radius 3 is 2.48 bits per heavy atom. The number of hydrogen-bond acceptors (Lipinski definition) is 3. The standard InChI is InChI=1S/C15H16F3NO4/c16-15(17,18)11-7-4-8-19(12(11)13(20)21)14(22)23-9-10-5-2-1-3-6-10/h1-3,5-6,11-12H,4,7-9H2,(H,20,21). The van der Waals surface area contributed by atoms with Gasteiger partial charge in [-0.15, -0.1) is 0 Å². The molecule has 2 rings (SSSR count). The monoisotopic (exact) mass is 331 g/mol. The van der Waals surface area contributed by atoms with Crippen molar-refractivity contribution in [3.63, 3.8) is 0 Å². The number of ether oxygens (including phenoxy) is 1. The molecule has 1 amide bonds. The molecule has 0 bridgehead atoms. The number of rotatable bonds is 3. The molecule has 5 nitrogen and oxygen atoms in total. The van der Waals surface area contributed by atoms with Crippen molar-refractivity contribution in [3.8, 4) is 0 Å². The first-order valence-corrected chi connectivity index (χ1v) is 7.07. The highest BCUT2D eigenvalue weighted by atomic mass is 19.4. The molecule has 8 heteroatoms. The third-order valence-electron chi connectivity index (χ3n) is 3.74. The Bertz CT molecular complexity index is 562. The number of alkyl halides is 3.